The molecule has 3 heteroatoms. The summed E-state index contributed by atoms with van der Waals surface area (Å²) in [5.74, 6) is 1.61. The molecule has 0 bridgehead atoms. The highest BCUT2D eigenvalue weighted by atomic mass is 15.2. The van der Waals surface area contributed by atoms with Gasteiger partial charge in [0.25, 0.3) is 0 Å². The van der Waals surface area contributed by atoms with Crippen LogP contribution < -0.4 is 5.32 Å². The second-order valence-electron chi connectivity index (χ2n) is 4.80. The Bertz CT molecular complexity index is 542. The van der Waals surface area contributed by atoms with Crippen LogP contribution in [0.25, 0.3) is 0 Å². The summed E-state index contributed by atoms with van der Waals surface area (Å²) in [5, 5.41) is 3.43. The smallest absolute Gasteiger partial charge is 0.202 e. The molecule has 1 aromatic carbocycles. The van der Waals surface area contributed by atoms with E-state index in [1.54, 1.807) is 0 Å². The fourth-order valence-electron chi connectivity index (χ4n) is 2.54. The molecule has 88 valence electrons. The molecule has 0 spiro atoms. The molecule has 1 unspecified atom stereocenters. The SMILES string of the molecule is Cc1cn(C)c(NCC2Cc3ccccc32)n1. The summed E-state index contributed by atoms with van der Waals surface area (Å²) < 4.78 is 2.04. The summed E-state index contributed by atoms with van der Waals surface area (Å²) in [6.45, 7) is 2.99. The minimum absolute atomic E-state index is 0.642. The van der Waals surface area contributed by atoms with E-state index in [0.29, 0.717) is 5.92 Å². The number of nitrogens with one attached hydrogen (secondary N) is 1. The molecule has 0 amide bonds. The molecule has 17 heavy (non-hydrogen) atoms. The average molecular weight is 227 g/mol. The third kappa shape index (κ3) is 1.82. The van der Waals surface area contributed by atoms with Gasteiger partial charge in [0.05, 0.1) is 5.69 Å². The van der Waals surface area contributed by atoms with Crippen molar-refractivity contribution in [2.24, 2.45) is 7.05 Å². The maximum atomic E-state index is 4.45. The minimum atomic E-state index is 0.642. The summed E-state index contributed by atoms with van der Waals surface area (Å²) >= 11 is 0. The first-order chi connectivity index (χ1) is 8.24. The molecule has 1 heterocycles. The first-order valence-corrected chi connectivity index (χ1v) is 6.05. The van der Waals surface area contributed by atoms with Gasteiger partial charge in [-0.1, -0.05) is 24.3 Å². The summed E-state index contributed by atoms with van der Waals surface area (Å²) in [5.41, 5.74) is 4.05. The molecule has 1 aromatic heterocycles. The Morgan fingerprint density at radius 2 is 2.24 bits per heavy atom. The molecule has 1 atom stereocenters. The highest BCUT2D eigenvalue weighted by molar-refractivity contribution is 5.42. The highest BCUT2D eigenvalue weighted by Crippen LogP contribution is 2.34. The first-order valence-electron chi connectivity index (χ1n) is 6.05. The van der Waals surface area contributed by atoms with Crippen molar-refractivity contribution in [2.45, 2.75) is 19.3 Å². The van der Waals surface area contributed by atoms with Crippen molar-refractivity contribution in [1.82, 2.24) is 9.55 Å². The number of benzene rings is 1. The molecule has 0 fully saturated rings. The predicted molar refractivity (Wildman–Crippen MR) is 69.3 cm³/mol. The van der Waals surface area contributed by atoms with E-state index >= 15 is 0 Å². The zero-order chi connectivity index (χ0) is 11.8. The van der Waals surface area contributed by atoms with E-state index in [2.05, 4.69) is 34.6 Å². The molecule has 1 N–H and O–H groups in total. The molecule has 2 aromatic rings. The quantitative estimate of drug-likeness (QED) is 0.873. The Balaban J connectivity index is 1.66. The van der Waals surface area contributed by atoms with Crippen LogP contribution in [0.15, 0.2) is 30.5 Å². The molecule has 3 rings (SSSR count). The second kappa shape index (κ2) is 3.91. The van der Waals surface area contributed by atoms with Gasteiger partial charge in [-0.15, -0.1) is 0 Å². The predicted octanol–water partition coefficient (Wildman–Crippen LogP) is 2.48. The molecule has 3 nitrogen and oxygen atoms in total. The summed E-state index contributed by atoms with van der Waals surface area (Å²) in [4.78, 5) is 4.45. The second-order valence-corrected chi connectivity index (χ2v) is 4.80. The fourth-order valence-corrected chi connectivity index (χ4v) is 2.54. The largest absolute Gasteiger partial charge is 0.355 e. The Labute approximate surface area is 101 Å². The van der Waals surface area contributed by atoms with Gasteiger partial charge in [-0.3, -0.25) is 0 Å². The standard InChI is InChI=1S/C14H17N3/c1-10-9-17(2)14(16-10)15-8-12-7-11-5-3-4-6-13(11)12/h3-6,9,12H,7-8H2,1-2H3,(H,15,16). The van der Waals surface area contributed by atoms with Crippen LogP contribution in [-0.2, 0) is 13.5 Å². The zero-order valence-electron chi connectivity index (χ0n) is 10.3. The topological polar surface area (TPSA) is 29.9 Å². The zero-order valence-corrected chi connectivity index (χ0v) is 10.3. The summed E-state index contributed by atoms with van der Waals surface area (Å²) in [7, 11) is 2.02. The van der Waals surface area contributed by atoms with Crippen molar-refractivity contribution in [1.29, 1.82) is 0 Å². The molecule has 0 saturated carbocycles. The monoisotopic (exact) mass is 227 g/mol. The minimum Gasteiger partial charge on any atom is -0.355 e. The molecular weight excluding hydrogens is 210 g/mol. The molecule has 1 aliphatic carbocycles. The third-order valence-electron chi connectivity index (χ3n) is 3.46. The lowest BCUT2D eigenvalue weighted by Crippen LogP contribution is -2.25. The highest BCUT2D eigenvalue weighted by Gasteiger charge is 2.25. The van der Waals surface area contributed by atoms with E-state index in [1.165, 1.54) is 17.5 Å². The third-order valence-corrected chi connectivity index (χ3v) is 3.46. The summed E-state index contributed by atoms with van der Waals surface area (Å²) in [6, 6.07) is 8.69. The van der Waals surface area contributed by atoms with Gasteiger partial charge in [0.2, 0.25) is 5.95 Å². The number of hydrogen-bond acceptors (Lipinski definition) is 2. The molecule has 1 aliphatic rings. The van der Waals surface area contributed by atoms with E-state index in [-0.39, 0.29) is 0 Å². The van der Waals surface area contributed by atoms with Gasteiger partial charge in [-0.05, 0) is 24.5 Å². The van der Waals surface area contributed by atoms with Crippen LogP contribution in [0.5, 0.6) is 0 Å². The molecule has 0 aliphatic heterocycles. The Morgan fingerprint density at radius 3 is 2.94 bits per heavy atom. The van der Waals surface area contributed by atoms with Crippen LogP contribution in [0.4, 0.5) is 5.95 Å². The van der Waals surface area contributed by atoms with Crippen molar-refractivity contribution in [2.75, 3.05) is 11.9 Å². The number of imidazole rings is 1. The lowest BCUT2D eigenvalue weighted by molar-refractivity contribution is 0.631. The average Bonchev–Trinajstić information content (AvgIpc) is 2.59. The molecule has 0 saturated heterocycles. The Morgan fingerprint density at radius 1 is 1.41 bits per heavy atom. The number of hydrogen-bond donors (Lipinski definition) is 1. The van der Waals surface area contributed by atoms with Crippen LogP contribution in [0, 0.1) is 6.92 Å². The van der Waals surface area contributed by atoms with Crippen molar-refractivity contribution in [3.05, 3.63) is 47.3 Å². The number of aryl methyl sites for hydroxylation is 2. The summed E-state index contributed by atoms with van der Waals surface area (Å²) in [6.07, 6.45) is 3.23. The normalized spacial score (nSPS) is 17.4. The van der Waals surface area contributed by atoms with Gasteiger partial charge < -0.3 is 9.88 Å². The fraction of sp³-hybridized carbons (Fsp3) is 0.357. The van der Waals surface area contributed by atoms with E-state index < -0.39 is 0 Å². The maximum Gasteiger partial charge on any atom is 0.202 e. The van der Waals surface area contributed by atoms with Crippen LogP contribution in [0.1, 0.15) is 22.7 Å². The van der Waals surface area contributed by atoms with Gasteiger partial charge in [-0.25, -0.2) is 4.98 Å². The van der Waals surface area contributed by atoms with Crippen molar-refractivity contribution in [3.8, 4) is 0 Å². The number of fused-ring (bicyclic) bond motifs is 1. The number of aromatic nitrogens is 2. The first kappa shape index (κ1) is 10.4. The lowest BCUT2D eigenvalue weighted by Gasteiger charge is -2.30. The van der Waals surface area contributed by atoms with E-state index in [9.17, 15) is 0 Å². The van der Waals surface area contributed by atoms with Gasteiger partial charge in [-0.2, -0.15) is 0 Å². The number of nitrogens with zero attached hydrogens (tertiary/aromatic N) is 2. The molecular formula is C14H17N3. The van der Waals surface area contributed by atoms with Gasteiger partial charge in [0.1, 0.15) is 0 Å². The van der Waals surface area contributed by atoms with E-state index in [0.717, 1.165) is 18.2 Å². The van der Waals surface area contributed by atoms with Crippen LogP contribution in [0.3, 0.4) is 0 Å². The van der Waals surface area contributed by atoms with Gasteiger partial charge in [0.15, 0.2) is 0 Å². The van der Waals surface area contributed by atoms with Gasteiger partial charge in [0, 0.05) is 25.7 Å². The number of rotatable bonds is 3. The van der Waals surface area contributed by atoms with Gasteiger partial charge >= 0.3 is 0 Å². The molecule has 0 radical (unpaired) electrons. The Hall–Kier alpha value is -1.77. The van der Waals surface area contributed by atoms with Crippen LogP contribution in [0.2, 0.25) is 0 Å². The van der Waals surface area contributed by atoms with Crippen molar-refractivity contribution < 1.29 is 0 Å². The van der Waals surface area contributed by atoms with Crippen molar-refractivity contribution in [3.63, 3.8) is 0 Å². The lowest BCUT2D eigenvalue weighted by atomic mass is 9.78. The van der Waals surface area contributed by atoms with E-state index in [1.807, 2.05) is 24.7 Å². The van der Waals surface area contributed by atoms with Crippen LogP contribution in [-0.4, -0.2) is 16.1 Å². The Kier molecular flexibility index (Phi) is 2.39. The van der Waals surface area contributed by atoms with Crippen LogP contribution >= 0.6 is 0 Å². The van der Waals surface area contributed by atoms with E-state index in [4.69, 9.17) is 0 Å². The van der Waals surface area contributed by atoms with Crippen molar-refractivity contribution >= 4 is 5.95 Å². The maximum absolute atomic E-state index is 4.45. The number of anilines is 1.